The van der Waals surface area contributed by atoms with Gasteiger partial charge in [-0.2, -0.15) is 0 Å². The Bertz CT molecular complexity index is 571. The van der Waals surface area contributed by atoms with E-state index in [1.807, 2.05) is 12.1 Å². The fraction of sp³-hybridized carbons (Fsp3) is 0.250. The normalized spacial score (nSPS) is 18.3. The Labute approximate surface area is 106 Å². The van der Waals surface area contributed by atoms with Gasteiger partial charge in [-0.25, -0.2) is 4.79 Å². The highest BCUT2D eigenvalue weighted by Gasteiger charge is 2.25. The first-order valence-corrected chi connectivity index (χ1v) is 5.99. The summed E-state index contributed by atoms with van der Waals surface area (Å²) in [6, 6.07) is 7.23. The first-order chi connectivity index (χ1) is 8.22. The van der Waals surface area contributed by atoms with Gasteiger partial charge >= 0.3 is 5.97 Å². The second-order valence-corrected chi connectivity index (χ2v) is 4.76. The van der Waals surface area contributed by atoms with Crippen molar-refractivity contribution < 1.29 is 18.7 Å². The van der Waals surface area contributed by atoms with E-state index in [1.165, 1.54) is 0 Å². The summed E-state index contributed by atoms with van der Waals surface area (Å²) in [5, 5.41) is 0.869. The fourth-order valence-electron chi connectivity index (χ4n) is 1.52. The molecule has 17 heavy (non-hydrogen) atoms. The molecule has 1 atom stereocenters. The number of benzene rings is 1. The highest BCUT2D eigenvalue weighted by Crippen LogP contribution is 2.24. The summed E-state index contributed by atoms with van der Waals surface area (Å²) >= 11 is 3.36. The first-order valence-electron chi connectivity index (χ1n) is 5.20. The highest BCUT2D eigenvalue weighted by atomic mass is 79.9. The maximum Gasteiger partial charge on any atom is 0.374 e. The Morgan fingerprint density at radius 3 is 3.06 bits per heavy atom. The van der Waals surface area contributed by atoms with E-state index in [0.29, 0.717) is 18.8 Å². The van der Waals surface area contributed by atoms with Gasteiger partial charge in [-0.3, -0.25) is 0 Å². The van der Waals surface area contributed by atoms with Gasteiger partial charge in [0.25, 0.3) is 0 Å². The van der Waals surface area contributed by atoms with Crippen LogP contribution in [0.5, 0.6) is 0 Å². The summed E-state index contributed by atoms with van der Waals surface area (Å²) < 4.78 is 16.3. The van der Waals surface area contributed by atoms with Crippen molar-refractivity contribution in [2.24, 2.45) is 0 Å². The lowest BCUT2D eigenvalue weighted by Crippen LogP contribution is -2.08. The smallest absolute Gasteiger partial charge is 0.374 e. The van der Waals surface area contributed by atoms with Gasteiger partial charge in [0.1, 0.15) is 18.3 Å². The van der Waals surface area contributed by atoms with Crippen molar-refractivity contribution in [3.8, 4) is 0 Å². The molecule has 0 radical (unpaired) electrons. The number of carbonyl (C=O) groups is 1. The van der Waals surface area contributed by atoms with Crippen LogP contribution in [0.3, 0.4) is 0 Å². The van der Waals surface area contributed by atoms with Crippen molar-refractivity contribution in [2.75, 3.05) is 13.2 Å². The van der Waals surface area contributed by atoms with Gasteiger partial charge in [0.15, 0.2) is 0 Å². The summed E-state index contributed by atoms with van der Waals surface area (Å²) in [4.78, 5) is 11.6. The second-order valence-electron chi connectivity index (χ2n) is 3.85. The third-order valence-corrected chi connectivity index (χ3v) is 2.98. The largest absolute Gasteiger partial charge is 0.457 e. The number of fused-ring (bicyclic) bond motifs is 1. The van der Waals surface area contributed by atoms with E-state index in [9.17, 15) is 4.79 Å². The van der Waals surface area contributed by atoms with E-state index in [2.05, 4.69) is 15.9 Å². The van der Waals surface area contributed by atoms with Crippen LogP contribution in [0.25, 0.3) is 11.0 Å². The SMILES string of the molecule is O=C(OC[C@H]1CO1)c1cc2cc(Br)ccc2o1. The summed E-state index contributed by atoms with van der Waals surface area (Å²) in [5.41, 5.74) is 0.669. The van der Waals surface area contributed by atoms with Crippen LogP contribution < -0.4 is 0 Å². The molecule has 0 saturated carbocycles. The van der Waals surface area contributed by atoms with Crippen LogP contribution in [-0.4, -0.2) is 25.3 Å². The van der Waals surface area contributed by atoms with E-state index >= 15 is 0 Å². The zero-order valence-electron chi connectivity index (χ0n) is 8.81. The van der Waals surface area contributed by atoms with E-state index in [0.717, 1.165) is 9.86 Å². The van der Waals surface area contributed by atoms with Crippen molar-refractivity contribution in [1.29, 1.82) is 0 Å². The number of hydrogen-bond donors (Lipinski definition) is 0. The molecule has 1 aromatic heterocycles. The van der Waals surface area contributed by atoms with Crippen molar-refractivity contribution >= 4 is 32.9 Å². The van der Waals surface area contributed by atoms with Crippen molar-refractivity contribution in [1.82, 2.24) is 0 Å². The Hall–Kier alpha value is -1.33. The minimum Gasteiger partial charge on any atom is -0.457 e. The molecular formula is C12H9BrO4. The van der Waals surface area contributed by atoms with Gasteiger partial charge in [-0.1, -0.05) is 15.9 Å². The Morgan fingerprint density at radius 2 is 2.29 bits per heavy atom. The zero-order chi connectivity index (χ0) is 11.8. The van der Waals surface area contributed by atoms with E-state index < -0.39 is 5.97 Å². The maximum atomic E-state index is 11.6. The van der Waals surface area contributed by atoms with Crippen molar-refractivity contribution in [3.05, 3.63) is 34.5 Å². The molecule has 0 amide bonds. The monoisotopic (exact) mass is 296 g/mol. The van der Waals surface area contributed by atoms with Crippen molar-refractivity contribution in [2.45, 2.75) is 6.10 Å². The molecule has 0 spiro atoms. The quantitative estimate of drug-likeness (QED) is 0.645. The second kappa shape index (κ2) is 4.16. The summed E-state index contributed by atoms with van der Waals surface area (Å²) in [6.07, 6.45) is 0.0671. The summed E-state index contributed by atoms with van der Waals surface area (Å²) in [5.74, 6) is -0.230. The topological polar surface area (TPSA) is 52.0 Å². The minimum atomic E-state index is -0.451. The number of hydrogen-bond acceptors (Lipinski definition) is 4. The van der Waals surface area contributed by atoms with Gasteiger partial charge in [0.2, 0.25) is 5.76 Å². The number of furan rings is 1. The van der Waals surface area contributed by atoms with Gasteiger partial charge < -0.3 is 13.9 Å². The molecule has 0 N–H and O–H groups in total. The lowest BCUT2D eigenvalue weighted by molar-refractivity contribution is 0.0443. The van der Waals surface area contributed by atoms with Crippen LogP contribution in [0.4, 0.5) is 0 Å². The van der Waals surface area contributed by atoms with E-state index in [-0.39, 0.29) is 11.9 Å². The lowest BCUT2D eigenvalue weighted by atomic mass is 10.2. The molecule has 5 heteroatoms. The maximum absolute atomic E-state index is 11.6. The van der Waals surface area contributed by atoms with Crippen LogP contribution in [-0.2, 0) is 9.47 Å². The molecule has 1 aliphatic heterocycles. The Morgan fingerprint density at radius 1 is 1.47 bits per heavy atom. The molecule has 0 unspecified atom stereocenters. The van der Waals surface area contributed by atoms with Crippen LogP contribution in [0.2, 0.25) is 0 Å². The number of halogens is 1. The van der Waals surface area contributed by atoms with E-state index in [1.54, 1.807) is 12.1 Å². The third-order valence-electron chi connectivity index (χ3n) is 2.48. The first kappa shape index (κ1) is 10.8. The molecule has 0 aliphatic carbocycles. The fourth-order valence-corrected chi connectivity index (χ4v) is 1.90. The molecule has 1 aromatic carbocycles. The molecule has 1 aliphatic rings. The molecule has 0 bridgehead atoms. The number of ether oxygens (including phenoxy) is 2. The molecule has 2 aromatic rings. The number of rotatable bonds is 3. The average molecular weight is 297 g/mol. The predicted octanol–water partition coefficient (Wildman–Crippen LogP) is 2.75. The lowest BCUT2D eigenvalue weighted by Gasteiger charge is -1.98. The molecule has 2 heterocycles. The van der Waals surface area contributed by atoms with Crippen LogP contribution in [0, 0.1) is 0 Å². The summed E-state index contributed by atoms with van der Waals surface area (Å²) in [7, 11) is 0. The molecule has 1 fully saturated rings. The van der Waals surface area contributed by atoms with Gasteiger partial charge in [-0.05, 0) is 24.3 Å². The van der Waals surface area contributed by atoms with Gasteiger partial charge in [0.05, 0.1) is 6.61 Å². The van der Waals surface area contributed by atoms with Crippen molar-refractivity contribution in [3.63, 3.8) is 0 Å². The number of epoxide rings is 1. The van der Waals surface area contributed by atoms with Gasteiger partial charge in [-0.15, -0.1) is 0 Å². The Balaban J connectivity index is 1.81. The highest BCUT2D eigenvalue weighted by molar-refractivity contribution is 9.10. The minimum absolute atomic E-state index is 0.0671. The summed E-state index contributed by atoms with van der Waals surface area (Å²) in [6.45, 7) is 0.958. The molecule has 1 saturated heterocycles. The molecule has 88 valence electrons. The standard InChI is InChI=1S/C12H9BrO4/c13-8-1-2-10-7(3-8)4-11(17-10)12(14)16-6-9-5-15-9/h1-4,9H,5-6H2/t9-/m1/s1. The molecule has 4 nitrogen and oxygen atoms in total. The number of esters is 1. The van der Waals surface area contributed by atoms with Crippen LogP contribution in [0.15, 0.2) is 33.2 Å². The zero-order valence-corrected chi connectivity index (χ0v) is 10.4. The van der Waals surface area contributed by atoms with Gasteiger partial charge in [0, 0.05) is 9.86 Å². The molecular weight excluding hydrogens is 288 g/mol. The Kier molecular flexibility index (Phi) is 2.64. The van der Waals surface area contributed by atoms with Crippen LogP contribution in [0.1, 0.15) is 10.6 Å². The van der Waals surface area contributed by atoms with Crippen LogP contribution >= 0.6 is 15.9 Å². The average Bonchev–Trinajstić information content (AvgIpc) is 3.04. The van der Waals surface area contributed by atoms with E-state index in [4.69, 9.17) is 13.9 Å². The predicted molar refractivity (Wildman–Crippen MR) is 63.9 cm³/mol. The number of carbonyl (C=O) groups excluding carboxylic acids is 1. The third kappa shape index (κ3) is 2.35. The molecule has 3 rings (SSSR count).